The Labute approximate surface area is 279 Å². The summed E-state index contributed by atoms with van der Waals surface area (Å²) in [5, 5.41) is 14.4. The predicted molar refractivity (Wildman–Crippen MR) is 172 cm³/mol. The molecule has 0 radical (unpaired) electrons. The van der Waals surface area contributed by atoms with E-state index in [0.29, 0.717) is 51.9 Å². The number of likely N-dealkylation sites (tertiary alicyclic amines) is 2. The molecular weight excluding hydrogens is 624 g/mol. The molecule has 0 bridgehead atoms. The summed E-state index contributed by atoms with van der Waals surface area (Å²) in [4.78, 5) is 72.1. The fraction of sp³-hybridized carbons (Fsp3) is 0.471. The van der Waals surface area contributed by atoms with Crippen LogP contribution in [0.4, 0.5) is 9.59 Å². The molecule has 2 saturated heterocycles. The number of hydrogen-bond acceptors (Lipinski definition) is 9. The van der Waals surface area contributed by atoms with Crippen LogP contribution in [0, 0.1) is 0 Å². The molecule has 0 aliphatic carbocycles. The summed E-state index contributed by atoms with van der Waals surface area (Å²) in [5.41, 5.74) is 0.828. The molecule has 0 spiro atoms. The van der Waals surface area contributed by atoms with Gasteiger partial charge in [-0.2, -0.15) is 0 Å². The van der Waals surface area contributed by atoms with Crippen LogP contribution < -0.4 is 10.6 Å². The Morgan fingerprint density at radius 1 is 0.646 bits per heavy atom. The van der Waals surface area contributed by atoms with Crippen LogP contribution >= 0.6 is 0 Å². The van der Waals surface area contributed by atoms with Gasteiger partial charge >= 0.3 is 35.9 Å². The molecule has 4 amide bonds. The van der Waals surface area contributed by atoms with Crippen molar-refractivity contribution in [1.82, 2.24) is 20.4 Å². The number of carboxylic acids is 1. The van der Waals surface area contributed by atoms with Gasteiger partial charge in [0.15, 0.2) is 0 Å². The molecule has 0 atom stereocenters. The quantitative estimate of drug-likeness (QED) is 0.225. The number of carbonyl (C=O) groups is 6. The lowest BCUT2D eigenvalue weighted by Crippen LogP contribution is -2.55. The van der Waals surface area contributed by atoms with Gasteiger partial charge in [0.25, 0.3) is 0 Å². The average Bonchev–Trinajstić information content (AvgIpc) is 3.07. The summed E-state index contributed by atoms with van der Waals surface area (Å²) in [6.45, 7) is 7.33. The van der Waals surface area contributed by atoms with Crippen molar-refractivity contribution in [3.8, 4) is 0 Å². The number of ether oxygens (including phenoxy) is 3. The number of aliphatic carboxylic acids is 1. The molecule has 2 fully saturated rings. The fourth-order valence-electron chi connectivity index (χ4n) is 5.13. The Morgan fingerprint density at radius 2 is 1.02 bits per heavy atom. The number of amides is 4. The van der Waals surface area contributed by atoms with Gasteiger partial charge in [-0.3, -0.25) is 9.59 Å². The Kier molecular flexibility index (Phi) is 13.8. The van der Waals surface area contributed by atoms with Gasteiger partial charge in [-0.1, -0.05) is 60.7 Å². The second kappa shape index (κ2) is 17.7. The van der Waals surface area contributed by atoms with Crippen LogP contribution in [0.1, 0.15) is 57.6 Å². The highest BCUT2D eigenvalue weighted by molar-refractivity contribution is 6.32. The van der Waals surface area contributed by atoms with Gasteiger partial charge in [-0.25, -0.2) is 19.2 Å². The topological polar surface area (TPSA) is 181 Å². The molecule has 0 saturated carbocycles. The number of nitrogens with zero attached hydrogens (tertiary/aromatic N) is 2. The Hall–Kier alpha value is -5.14. The zero-order valence-corrected chi connectivity index (χ0v) is 27.6. The van der Waals surface area contributed by atoms with Crippen molar-refractivity contribution in [3.05, 3.63) is 71.8 Å². The molecule has 2 heterocycles. The van der Waals surface area contributed by atoms with Crippen molar-refractivity contribution < 1.29 is 48.1 Å². The third-order valence-corrected chi connectivity index (χ3v) is 8.17. The first kappa shape index (κ1) is 37.3. The molecule has 2 aromatic rings. The first-order chi connectivity index (χ1) is 22.8. The molecule has 2 aromatic carbocycles. The van der Waals surface area contributed by atoms with Gasteiger partial charge in [0.2, 0.25) is 0 Å². The minimum absolute atomic E-state index is 0.172. The SMILES string of the molecule is CC1(NC(=O)OCc2ccccc2)CCN(C(=O)C(=O)O)CC1.CCOC(=O)C(=O)N1CCC(C)(NC(=O)OCc2ccccc2)CC1. The van der Waals surface area contributed by atoms with Gasteiger partial charge in [-0.15, -0.1) is 0 Å². The summed E-state index contributed by atoms with van der Waals surface area (Å²) >= 11 is 0. The van der Waals surface area contributed by atoms with Crippen LogP contribution in [0.2, 0.25) is 0 Å². The summed E-state index contributed by atoms with van der Waals surface area (Å²) in [7, 11) is 0. The number of hydrogen-bond donors (Lipinski definition) is 3. The van der Waals surface area contributed by atoms with Crippen LogP contribution in [0.3, 0.4) is 0 Å². The van der Waals surface area contributed by atoms with Crippen LogP contribution in [0.15, 0.2) is 60.7 Å². The largest absolute Gasteiger partial charge is 0.474 e. The van der Waals surface area contributed by atoms with Crippen molar-refractivity contribution >= 4 is 35.9 Å². The summed E-state index contributed by atoms with van der Waals surface area (Å²) in [6.07, 6.45) is 1.03. The van der Waals surface area contributed by atoms with Crippen LogP contribution in [-0.4, -0.2) is 94.7 Å². The number of benzene rings is 2. The van der Waals surface area contributed by atoms with Crippen molar-refractivity contribution in [2.45, 2.75) is 70.7 Å². The maximum absolute atomic E-state index is 12.0. The maximum Gasteiger partial charge on any atom is 0.407 e. The highest BCUT2D eigenvalue weighted by Crippen LogP contribution is 2.23. The monoisotopic (exact) mass is 668 g/mol. The van der Waals surface area contributed by atoms with E-state index in [1.807, 2.05) is 74.5 Å². The van der Waals surface area contributed by atoms with E-state index in [4.69, 9.17) is 19.3 Å². The summed E-state index contributed by atoms with van der Waals surface area (Å²) < 4.78 is 15.1. The smallest absolute Gasteiger partial charge is 0.407 e. The Morgan fingerprint density at radius 3 is 1.38 bits per heavy atom. The van der Waals surface area contributed by atoms with E-state index in [1.54, 1.807) is 6.92 Å². The van der Waals surface area contributed by atoms with Gasteiger partial charge in [0.05, 0.1) is 6.61 Å². The van der Waals surface area contributed by atoms with E-state index in [1.165, 1.54) is 9.80 Å². The fourth-order valence-corrected chi connectivity index (χ4v) is 5.13. The molecule has 2 aliphatic heterocycles. The molecule has 2 aliphatic rings. The second-order valence-electron chi connectivity index (χ2n) is 12.1. The normalized spacial score (nSPS) is 16.2. The number of rotatable bonds is 7. The van der Waals surface area contributed by atoms with Gasteiger partial charge in [0, 0.05) is 37.3 Å². The van der Waals surface area contributed by atoms with Gasteiger partial charge < -0.3 is 39.8 Å². The van der Waals surface area contributed by atoms with E-state index in [2.05, 4.69) is 10.6 Å². The molecule has 0 aromatic heterocycles. The maximum atomic E-state index is 12.0. The minimum Gasteiger partial charge on any atom is -0.474 e. The number of esters is 1. The first-order valence-electron chi connectivity index (χ1n) is 15.8. The molecule has 260 valence electrons. The molecule has 48 heavy (non-hydrogen) atoms. The molecule has 0 unspecified atom stereocenters. The lowest BCUT2D eigenvalue weighted by molar-refractivity contribution is -0.160. The van der Waals surface area contributed by atoms with E-state index >= 15 is 0 Å². The number of alkyl carbamates (subject to hydrolysis) is 2. The third kappa shape index (κ3) is 11.9. The number of carboxylic acid groups (broad SMARTS) is 1. The van der Waals surface area contributed by atoms with Crippen molar-refractivity contribution in [2.75, 3.05) is 32.8 Å². The zero-order chi connectivity index (χ0) is 35.2. The van der Waals surface area contributed by atoms with E-state index < -0.39 is 47.0 Å². The van der Waals surface area contributed by atoms with Crippen LogP contribution in [0.5, 0.6) is 0 Å². The van der Waals surface area contributed by atoms with Crippen LogP contribution in [0.25, 0.3) is 0 Å². The number of carbonyl (C=O) groups excluding carboxylic acids is 5. The second-order valence-corrected chi connectivity index (χ2v) is 12.1. The Balaban J connectivity index is 0.000000261. The van der Waals surface area contributed by atoms with Crippen molar-refractivity contribution in [2.24, 2.45) is 0 Å². The van der Waals surface area contributed by atoms with Crippen LogP contribution in [-0.2, 0) is 46.6 Å². The summed E-state index contributed by atoms with van der Waals surface area (Å²) in [5.74, 6) is -3.82. The van der Waals surface area contributed by atoms with Gasteiger partial charge in [0.1, 0.15) is 13.2 Å². The lowest BCUT2D eigenvalue weighted by atomic mass is 9.90. The minimum atomic E-state index is -1.45. The van der Waals surface area contributed by atoms with Crippen molar-refractivity contribution in [1.29, 1.82) is 0 Å². The molecule has 4 rings (SSSR count). The highest BCUT2D eigenvalue weighted by Gasteiger charge is 2.36. The number of piperidine rings is 2. The van der Waals surface area contributed by atoms with E-state index in [0.717, 1.165) is 11.1 Å². The standard InChI is InChI=1S/C18H24N2O5.C16H20N2O5/c1-3-24-16(22)15(21)20-11-9-18(2,10-12-20)19-17(23)25-13-14-7-5-4-6-8-14;1-16(7-9-18(10-8-16)13(19)14(20)21)17-15(22)23-11-12-5-3-2-4-6-12/h4-8H,3,9-13H2,1-2H3,(H,19,23);2-6H,7-11H2,1H3,(H,17,22)(H,20,21). The summed E-state index contributed by atoms with van der Waals surface area (Å²) in [6, 6.07) is 18.8. The molecular formula is C34H44N4O10. The molecule has 14 heteroatoms. The predicted octanol–water partition coefficient (Wildman–Crippen LogP) is 3.24. The van der Waals surface area contributed by atoms with E-state index in [9.17, 15) is 28.8 Å². The van der Waals surface area contributed by atoms with E-state index in [-0.39, 0.29) is 19.8 Å². The number of nitrogens with one attached hydrogen (secondary N) is 2. The third-order valence-electron chi connectivity index (χ3n) is 8.17. The molecule has 3 N–H and O–H groups in total. The zero-order valence-electron chi connectivity index (χ0n) is 27.6. The average molecular weight is 669 g/mol. The highest BCUT2D eigenvalue weighted by atomic mass is 16.6. The molecule has 14 nitrogen and oxygen atoms in total. The lowest BCUT2D eigenvalue weighted by Gasteiger charge is -2.39. The Bertz CT molecular complexity index is 1400. The first-order valence-corrected chi connectivity index (χ1v) is 15.8. The van der Waals surface area contributed by atoms with Gasteiger partial charge in [-0.05, 0) is 57.6 Å². The van der Waals surface area contributed by atoms with Crippen molar-refractivity contribution in [3.63, 3.8) is 0 Å².